The molecule has 0 aliphatic carbocycles. The summed E-state index contributed by atoms with van der Waals surface area (Å²) < 4.78 is 1.96. The molecule has 3 rings (SSSR count). The second-order valence-electron chi connectivity index (χ2n) is 6.36. The van der Waals surface area contributed by atoms with Crippen molar-refractivity contribution in [1.29, 1.82) is 0 Å². The first kappa shape index (κ1) is 14.3. The van der Waals surface area contributed by atoms with E-state index in [2.05, 4.69) is 29.9 Å². The number of nitrogens with zero attached hydrogens (tertiary/aromatic N) is 3. The fourth-order valence-corrected chi connectivity index (χ4v) is 3.20. The normalized spacial score (nSPS) is 17.7. The van der Waals surface area contributed by atoms with Gasteiger partial charge in [-0.1, -0.05) is 0 Å². The molecular weight excluding hydrogens is 262 g/mol. The maximum atomic E-state index is 10.8. The van der Waals surface area contributed by atoms with Crippen molar-refractivity contribution in [2.24, 2.45) is 5.92 Å². The Kier molecular flexibility index (Phi) is 4.06. The summed E-state index contributed by atoms with van der Waals surface area (Å²) in [6.07, 6.45) is 8.35. The molecule has 0 amide bonds. The highest BCUT2D eigenvalue weighted by atomic mass is 16.1. The largest absolute Gasteiger partial charge is 0.306 e. The zero-order chi connectivity index (χ0) is 14.8. The van der Waals surface area contributed by atoms with Crippen LogP contribution in [0.3, 0.4) is 0 Å². The molecule has 1 aliphatic heterocycles. The highest BCUT2D eigenvalue weighted by Gasteiger charge is 2.21. The monoisotopic (exact) mass is 285 g/mol. The number of hydrogen-bond donors (Lipinski definition) is 0. The first-order chi connectivity index (χ1) is 10.2. The Morgan fingerprint density at radius 1 is 1.29 bits per heavy atom. The van der Waals surface area contributed by atoms with Crippen LogP contribution in [-0.4, -0.2) is 39.7 Å². The van der Waals surface area contributed by atoms with E-state index in [9.17, 15) is 4.79 Å². The van der Waals surface area contributed by atoms with Crippen LogP contribution >= 0.6 is 0 Å². The Balaban J connectivity index is 1.67. The van der Waals surface area contributed by atoms with Crippen molar-refractivity contribution in [3.8, 4) is 0 Å². The van der Waals surface area contributed by atoms with Crippen LogP contribution in [0.5, 0.6) is 0 Å². The number of likely N-dealkylation sites (tertiary alicyclic amines) is 1. The van der Waals surface area contributed by atoms with Crippen LogP contribution in [0, 0.1) is 5.92 Å². The van der Waals surface area contributed by atoms with E-state index in [0.29, 0.717) is 11.6 Å². The number of aldehydes is 1. The molecule has 2 aromatic rings. The molecule has 1 saturated heterocycles. The predicted molar refractivity (Wildman–Crippen MR) is 83.7 cm³/mol. The maximum absolute atomic E-state index is 10.8. The lowest BCUT2D eigenvalue weighted by Gasteiger charge is -2.34. The third kappa shape index (κ3) is 3.16. The predicted octanol–water partition coefficient (Wildman–Crippen LogP) is 2.81. The van der Waals surface area contributed by atoms with E-state index in [1.807, 2.05) is 22.7 Å². The van der Waals surface area contributed by atoms with Gasteiger partial charge < -0.3 is 9.30 Å². The van der Waals surface area contributed by atoms with E-state index in [-0.39, 0.29) is 0 Å². The molecule has 112 valence electrons. The molecule has 21 heavy (non-hydrogen) atoms. The smallest absolute Gasteiger partial charge is 0.151 e. The van der Waals surface area contributed by atoms with Crippen LogP contribution in [0.4, 0.5) is 0 Å². The lowest BCUT2D eigenvalue weighted by molar-refractivity contribution is 0.112. The molecule has 4 heteroatoms. The molecular formula is C17H23N3O. The van der Waals surface area contributed by atoms with Crippen LogP contribution in [0.15, 0.2) is 24.5 Å². The third-order valence-electron chi connectivity index (χ3n) is 4.54. The highest BCUT2D eigenvalue weighted by molar-refractivity contribution is 5.74. The van der Waals surface area contributed by atoms with Gasteiger partial charge in [0.1, 0.15) is 5.65 Å². The van der Waals surface area contributed by atoms with Crippen LogP contribution in [-0.2, 0) is 6.42 Å². The van der Waals surface area contributed by atoms with Crippen molar-refractivity contribution < 1.29 is 4.79 Å². The van der Waals surface area contributed by atoms with Gasteiger partial charge in [-0.05, 0) is 64.3 Å². The molecule has 0 N–H and O–H groups in total. The Morgan fingerprint density at radius 2 is 2.05 bits per heavy atom. The highest BCUT2D eigenvalue weighted by Crippen LogP contribution is 2.22. The molecule has 1 fully saturated rings. The average molecular weight is 285 g/mol. The standard InChI is InChI=1S/C17H23N3O/c1-13(2)19-7-5-14(6-8-19)9-16-11-20-10-15(12-21)3-4-17(20)18-16/h3-4,10-14H,5-9H2,1-2H3. The number of fused-ring (bicyclic) bond motifs is 1. The minimum atomic E-state index is 0.655. The molecule has 0 bridgehead atoms. The van der Waals surface area contributed by atoms with E-state index in [1.54, 1.807) is 0 Å². The summed E-state index contributed by atoms with van der Waals surface area (Å²) in [7, 11) is 0. The zero-order valence-corrected chi connectivity index (χ0v) is 12.8. The summed E-state index contributed by atoms with van der Waals surface area (Å²) in [6.45, 7) is 6.94. The van der Waals surface area contributed by atoms with E-state index < -0.39 is 0 Å². The van der Waals surface area contributed by atoms with Crippen molar-refractivity contribution in [2.75, 3.05) is 13.1 Å². The Labute approximate surface area is 125 Å². The third-order valence-corrected chi connectivity index (χ3v) is 4.54. The van der Waals surface area contributed by atoms with Gasteiger partial charge in [-0.3, -0.25) is 4.79 Å². The first-order valence-corrected chi connectivity index (χ1v) is 7.82. The van der Waals surface area contributed by atoms with E-state index in [4.69, 9.17) is 0 Å². The second-order valence-corrected chi connectivity index (χ2v) is 6.36. The molecule has 1 aliphatic rings. The summed E-state index contributed by atoms with van der Waals surface area (Å²) in [5, 5.41) is 0. The summed E-state index contributed by atoms with van der Waals surface area (Å²) in [5.41, 5.74) is 2.76. The van der Waals surface area contributed by atoms with Crippen LogP contribution in [0.2, 0.25) is 0 Å². The second kappa shape index (κ2) is 5.98. The lowest BCUT2D eigenvalue weighted by atomic mass is 9.92. The number of rotatable bonds is 4. The van der Waals surface area contributed by atoms with Crippen molar-refractivity contribution in [2.45, 2.75) is 39.2 Å². The Morgan fingerprint density at radius 3 is 2.71 bits per heavy atom. The minimum absolute atomic E-state index is 0.655. The molecule has 0 atom stereocenters. The fraction of sp³-hybridized carbons (Fsp3) is 0.529. The van der Waals surface area contributed by atoms with Crippen molar-refractivity contribution in [3.05, 3.63) is 35.8 Å². The number of hydrogen-bond acceptors (Lipinski definition) is 3. The molecule has 2 aromatic heterocycles. The first-order valence-electron chi connectivity index (χ1n) is 7.82. The molecule has 0 radical (unpaired) electrons. The van der Waals surface area contributed by atoms with Gasteiger partial charge in [-0.2, -0.15) is 0 Å². The van der Waals surface area contributed by atoms with Crippen LogP contribution in [0.25, 0.3) is 5.65 Å². The van der Waals surface area contributed by atoms with Crippen molar-refractivity contribution >= 4 is 11.9 Å². The number of imidazole rings is 1. The summed E-state index contributed by atoms with van der Waals surface area (Å²) in [4.78, 5) is 18.0. The maximum Gasteiger partial charge on any atom is 0.151 e. The van der Waals surface area contributed by atoms with E-state index >= 15 is 0 Å². The Bertz CT molecular complexity index is 624. The van der Waals surface area contributed by atoms with Gasteiger partial charge >= 0.3 is 0 Å². The van der Waals surface area contributed by atoms with Gasteiger partial charge in [0.25, 0.3) is 0 Å². The minimum Gasteiger partial charge on any atom is -0.306 e. The van der Waals surface area contributed by atoms with Gasteiger partial charge in [0.05, 0.1) is 5.69 Å². The molecule has 0 spiro atoms. The van der Waals surface area contributed by atoms with Gasteiger partial charge in [-0.15, -0.1) is 0 Å². The Hall–Kier alpha value is -1.68. The number of piperidine rings is 1. The van der Waals surface area contributed by atoms with Gasteiger partial charge in [0.2, 0.25) is 0 Å². The lowest BCUT2D eigenvalue weighted by Crippen LogP contribution is -2.38. The van der Waals surface area contributed by atoms with Gasteiger partial charge in [0, 0.05) is 24.0 Å². The summed E-state index contributed by atoms with van der Waals surface area (Å²) in [6, 6.07) is 4.39. The SMILES string of the molecule is CC(C)N1CCC(Cc2cn3cc(C=O)ccc3n2)CC1. The van der Waals surface area contributed by atoms with E-state index in [0.717, 1.165) is 30.0 Å². The molecule has 0 unspecified atom stereocenters. The fourth-order valence-electron chi connectivity index (χ4n) is 3.20. The molecule has 0 saturated carbocycles. The quantitative estimate of drug-likeness (QED) is 0.811. The number of aromatic nitrogens is 2. The summed E-state index contributed by atoms with van der Waals surface area (Å²) >= 11 is 0. The average Bonchev–Trinajstić information content (AvgIpc) is 2.88. The van der Waals surface area contributed by atoms with Crippen molar-refractivity contribution in [1.82, 2.24) is 14.3 Å². The van der Waals surface area contributed by atoms with Crippen molar-refractivity contribution in [3.63, 3.8) is 0 Å². The van der Waals surface area contributed by atoms with Crippen LogP contribution < -0.4 is 0 Å². The zero-order valence-electron chi connectivity index (χ0n) is 12.8. The summed E-state index contributed by atoms with van der Waals surface area (Å²) in [5.74, 6) is 0.732. The van der Waals surface area contributed by atoms with Crippen LogP contribution in [0.1, 0.15) is 42.7 Å². The number of pyridine rings is 1. The van der Waals surface area contributed by atoms with E-state index in [1.165, 1.54) is 25.9 Å². The molecule has 4 nitrogen and oxygen atoms in total. The topological polar surface area (TPSA) is 37.6 Å². The number of carbonyl (C=O) groups excluding carboxylic acids is 1. The number of carbonyl (C=O) groups is 1. The molecule has 0 aromatic carbocycles. The van der Waals surface area contributed by atoms with Gasteiger partial charge in [-0.25, -0.2) is 4.98 Å². The molecule has 3 heterocycles. The van der Waals surface area contributed by atoms with Gasteiger partial charge in [0.15, 0.2) is 6.29 Å².